The van der Waals surface area contributed by atoms with Gasteiger partial charge >= 0.3 is 0 Å². The van der Waals surface area contributed by atoms with Crippen molar-refractivity contribution in [1.82, 2.24) is 14.8 Å². The zero-order valence-electron chi connectivity index (χ0n) is 12.4. The van der Waals surface area contributed by atoms with Gasteiger partial charge in [0.1, 0.15) is 12.7 Å². The van der Waals surface area contributed by atoms with E-state index in [4.69, 9.17) is 4.74 Å². The Hall–Kier alpha value is -1.68. The number of fused-ring (bicyclic) bond motifs is 1. The van der Waals surface area contributed by atoms with Gasteiger partial charge in [0.15, 0.2) is 0 Å². The molecule has 0 spiro atoms. The van der Waals surface area contributed by atoms with E-state index in [0.717, 1.165) is 19.6 Å². The van der Waals surface area contributed by atoms with Crippen LogP contribution >= 0.6 is 0 Å². The minimum atomic E-state index is -0.0729. The van der Waals surface area contributed by atoms with E-state index in [1.165, 1.54) is 18.4 Å². The van der Waals surface area contributed by atoms with Crippen molar-refractivity contribution in [3.63, 3.8) is 0 Å². The summed E-state index contributed by atoms with van der Waals surface area (Å²) in [4.78, 5) is 4.07. The Morgan fingerprint density at radius 3 is 2.86 bits per heavy atom. The average Bonchev–Trinajstić information content (AvgIpc) is 3.06. The monoisotopic (exact) mass is 283 g/mol. The van der Waals surface area contributed by atoms with E-state index < -0.39 is 0 Å². The molecule has 2 fully saturated rings. The molecule has 0 bridgehead atoms. The fourth-order valence-electron chi connectivity index (χ4n) is 4.21. The highest BCUT2D eigenvalue weighted by Gasteiger charge is 2.65. The molecule has 3 atom stereocenters. The van der Waals surface area contributed by atoms with Crippen molar-refractivity contribution in [1.29, 1.82) is 0 Å². The smallest absolute Gasteiger partial charge is 0.137 e. The van der Waals surface area contributed by atoms with Crippen LogP contribution in [0.15, 0.2) is 43.0 Å². The van der Waals surface area contributed by atoms with Gasteiger partial charge in [-0.2, -0.15) is 5.10 Å². The van der Waals surface area contributed by atoms with Crippen molar-refractivity contribution >= 4 is 0 Å². The van der Waals surface area contributed by atoms with Crippen LogP contribution in [0.1, 0.15) is 25.3 Å². The molecule has 0 radical (unpaired) electrons. The quantitative estimate of drug-likeness (QED) is 0.866. The first-order chi connectivity index (χ1) is 10.2. The molecule has 2 aliphatic rings. The third-order valence-corrected chi connectivity index (χ3v) is 5.56. The molecule has 3 unspecified atom stereocenters. The van der Waals surface area contributed by atoms with E-state index in [0.29, 0.717) is 11.3 Å². The molecule has 0 N–H and O–H groups in total. The standard InChI is InChI=1S/C17H21N3O/c1-16-8-7-15(9-14-5-3-2-4-6-14)17(16,21-11-16)10-20-13-18-12-19-20/h2-6,12-13,15H,7-11H2,1H3. The van der Waals surface area contributed by atoms with Gasteiger partial charge in [0.2, 0.25) is 0 Å². The molecule has 1 saturated heterocycles. The zero-order chi connectivity index (χ0) is 14.3. The van der Waals surface area contributed by atoms with Crippen LogP contribution in [0.2, 0.25) is 0 Å². The van der Waals surface area contributed by atoms with E-state index in [9.17, 15) is 0 Å². The number of hydrogen-bond acceptors (Lipinski definition) is 3. The fourth-order valence-corrected chi connectivity index (χ4v) is 4.21. The SMILES string of the molecule is CC12CCC(Cc3ccccc3)C1(Cn1cncn1)OC2. The molecule has 4 rings (SSSR count). The summed E-state index contributed by atoms with van der Waals surface area (Å²) in [6.07, 6.45) is 6.98. The number of rotatable bonds is 4. The maximum atomic E-state index is 6.21. The van der Waals surface area contributed by atoms with Crippen molar-refractivity contribution < 1.29 is 4.74 Å². The van der Waals surface area contributed by atoms with Crippen molar-refractivity contribution in [2.24, 2.45) is 11.3 Å². The predicted octanol–water partition coefficient (Wildman–Crippen LogP) is 2.71. The normalized spacial score (nSPS) is 34.4. The van der Waals surface area contributed by atoms with Gasteiger partial charge in [-0.05, 0) is 30.7 Å². The van der Waals surface area contributed by atoms with Crippen LogP contribution in [0, 0.1) is 11.3 Å². The Morgan fingerprint density at radius 2 is 2.19 bits per heavy atom. The summed E-state index contributed by atoms with van der Waals surface area (Å²) in [6.45, 7) is 4.08. The molecule has 1 aromatic heterocycles. The van der Waals surface area contributed by atoms with Crippen molar-refractivity contribution in [2.75, 3.05) is 6.61 Å². The Balaban J connectivity index is 1.61. The summed E-state index contributed by atoms with van der Waals surface area (Å²) in [6, 6.07) is 10.8. The average molecular weight is 283 g/mol. The molecule has 0 amide bonds. The predicted molar refractivity (Wildman–Crippen MR) is 79.7 cm³/mol. The second-order valence-electron chi connectivity index (χ2n) is 6.76. The van der Waals surface area contributed by atoms with E-state index >= 15 is 0 Å². The third-order valence-electron chi connectivity index (χ3n) is 5.56. The van der Waals surface area contributed by atoms with Crippen LogP contribution in [-0.2, 0) is 17.7 Å². The third kappa shape index (κ3) is 1.93. The Morgan fingerprint density at radius 1 is 1.33 bits per heavy atom. The van der Waals surface area contributed by atoms with Crippen molar-refractivity contribution in [3.8, 4) is 0 Å². The number of aromatic nitrogens is 3. The molecular weight excluding hydrogens is 262 g/mol. The summed E-state index contributed by atoms with van der Waals surface area (Å²) in [5.74, 6) is 0.558. The fraction of sp³-hybridized carbons (Fsp3) is 0.529. The van der Waals surface area contributed by atoms with E-state index in [1.54, 1.807) is 12.7 Å². The minimum absolute atomic E-state index is 0.0729. The lowest BCUT2D eigenvalue weighted by atomic mass is 9.67. The van der Waals surface area contributed by atoms with Crippen LogP contribution < -0.4 is 0 Å². The summed E-state index contributed by atoms with van der Waals surface area (Å²) in [5, 5.41) is 4.29. The van der Waals surface area contributed by atoms with Gasteiger partial charge in [-0.15, -0.1) is 0 Å². The van der Waals surface area contributed by atoms with Crippen molar-refractivity contribution in [3.05, 3.63) is 48.5 Å². The summed E-state index contributed by atoms with van der Waals surface area (Å²) in [7, 11) is 0. The second-order valence-corrected chi connectivity index (χ2v) is 6.76. The van der Waals surface area contributed by atoms with Crippen LogP contribution in [0.25, 0.3) is 0 Å². The van der Waals surface area contributed by atoms with Gasteiger partial charge < -0.3 is 4.74 Å². The maximum Gasteiger partial charge on any atom is 0.137 e. The maximum absolute atomic E-state index is 6.21. The lowest BCUT2D eigenvalue weighted by Gasteiger charge is -2.56. The number of hydrogen-bond donors (Lipinski definition) is 0. The van der Waals surface area contributed by atoms with Gasteiger partial charge in [-0.25, -0.2) is 4.98 Å². The Kier molecular flexibility index (Phi) is 2.89. The molecule has 2 heterocycles. The highest BCUT2D eigenvalue weighted by Crippen LogP contribution is 2.60. The van der Waals surface area contributed by atoms with Gasteiger partial charge in [0.05, 0.1) is 18.8 Å². The molecule has 2 aromatic rings. The summed E-state index contributed by atoms with van der Waals surface area (Å²) in [5.41, 5.74) is 1.62. The first-order valence-corrected chi connectivity index (χ1v) is 7.72. The number of benzene rings is 1. The van der Waals surface area contributed by atoms with Crippen LogP contribution in [0.4, 0.5) is 0 Å². The highest BCUT2D eigenvalue weighted by atomic mass is 16.5. The largest absolute Gasteiger partial charge is 0.371 e. The van der Waals surface area contributed by atoms with Crippen LogP contribution in [-0.4, -0.2) is 27.0 Å². The molecule has 110 valence electrons. The van der Waals surface area contributed by atoms with E-state index in [-0.39, 0.29) is 5.60 Å². The van der Waals surface area contributed by atoms with Gasteiger partial charge in [0, 0.05) is 5.41 Å². The molecule has 1 saturated carbocycles. The molecule has 1 aliphatic heterocycles. The topological polar surface area (TPSA) is 39.9 Å². The lowest BCUT2D eigenvalue weighted by Crippen LogP contribution is -2.63. The second kappa shape index (κ2) is 4.67. The minimum Gasteiger partial charge on any atom is -0.371 e. The van der Waals surface area contributed by atoms with Crippen LogP contribution in [0.5, 0.6) is 0 Å². The number of ether oxygens (including phenoxy) is 1. The molecule has 21 heavy (non-hydrogen) atoms. The number of nitrogens with zero attached hydrogens (tertiary/aromatic N) is 3. The first-order valence-electron chi connectivity index (χ1n) is 7.72. The van der Waals surface area contributed by atoms with Crippen LogP contribution in [0.3, 0.4) is 0 Å². The molecule has 1 aliphatic carbocycles. The Labute approximate surface area is 125 Å². The van der Waals surface area contributed by atoms with E-state index in [1.807, 2.05) is 4.68 Å². The summed E-state index contributed by atoms with van der Waals surface area (Å²) >= 11 is 0. The molecule has 1 aromatic carbocycles. The van der Waals surface area contributed by atoms with E-state index in [2.05, 4.69) is 47.3 Å². The van der Waals surface area contributed by atoms with Gasteiger partial charge in [0.25, 0.3) is 0 Å². The van der Waals surface area contributed by atoms with Gasteiger partial charge in [-0.3, -0.25) is 4.68 Å². The van der Waals surface area contributed by atoms with Crippen molar-refractivity contribution in [2.45, 2.75) is 38.3 Å². The Bertz CT molecular complexity index is 612. The molecule has 4 heteroatoms. The lowest BCUT2D eigenvalue weighted by molar-refractivity contribution is -0.268. The zero-order valence-corrected chi connectivity index (χ0v) is 12.4. The molecule has 4 nitrogen and oxygen atoms in total. The first kappa shape index (κ1) is 13.0. The van der Waals surface area contributed by atoms with Gasteiger partial charge in [-0.1, -0.05) is 37.3 Å². The molecular formula is C17H21N3O. The summed E-state index contributed by atoms with van der Waals surface area (Å²) < 4.78 is 8.15. The highest BCUT2D eigenvalue weighted by molar-refractivity contribution is 5.20.